The number of nitrogens with two attached hydrogens (primary N) is 1. The Morgan fingerprint density at radius 1 is 1.40 bits per heavy atom. The largest absolute Gasteiger partial charge is 0.496 e. The summed E-state index contributed by atoms with van der Waals surface area (Å²) in [5, 5.41) is 0. The fourth-order valence-electron chi connectivity index (χ4n) is 2.27. The van der Waals surface area contributed by atoms with E-state index in [1.165, 1.54) is 7.11 Å². The van der Waals surface area contributed by atoms with Crippen LogP contribution in [0, 0.1) is 0 Å². The number of ether oxygens (including phenoxy) is 2. The predicted molar refractivity (Wildman–Crippen MR) is 76.4 cm³/mol. The van der Waals surface area contributed by atoms with E-state index in [4.69, 9.17) is 15.2 Å². The molecule has 5 nitrogen and oxygen atoms in total. The summed E-state index contributed by atoms with van der Waals surface area (Å²) in [6, 6.07) is 8.05. The summed E-state index contributed by atoms with van der Waals surface area (Å²) in [7, 11) is 3.16. The summed E-state index contributed by atoms with van der Waals surface area (Å²) >= 11 is 0. The molecular weight excluding hydrogens is 256 g/mol. The van der Waals surface area contributed by atoms with Crippen molar-refractivity contribution in [1.29, 1.82) is 0 Å². The highest BCUT2D eigenvalue weighted by atomic mass is 16.5. The van der Waals surface area contributed by atoms with Crippen LogP contribution >= 0.6 is 0 Å². The lowest BCUT2D eigenvalue weighted by Crippen LogP contribution is -2.44. The molecule has 20 heavy (non-hydrogen) atoms. The first-order valence-electron chi connectivity index (χ1n) is 6.86. The minimum absolute atomic E-state index is 0.0385. The predicted octanol–water partition coefficient (Wildman–Crippen LogP) is 1.16. The molecule has 0 aliphatic heterocycles. The number of hydrogen-bond donors (Lipinski definition) is 1. The fraction of sp³-hybridized carbons (Fsp3) is 0.533. The van der Waals surface area contributed by atoms with Crippen molar-refractivity contribution >= 4 is 5.91 Å². The minimum Gasteiger partial charge on any atom is -0.496 e. The number of para-hydroxylation sites is 1. The lowest BCUT2D eigenvalue weighted by Gasteiger charge is -2.26. The molecule has 5 heteroatoms. The van der Waals surface area contributed by atoms with Crippen molar-refractivity contribution in [3.63, 3.8) is 0 Å². The van der Waals surface area contributed by atoms with E-state index < -0.39 is 6.10 Å². The first-order chi connectivity index (χ1) is 9.71. The number of amides is 1. The summed E-state index contributed by atoms with van der Waals surface area (Å²) in [5.41, 5.74) is 6.60. The number of methoxy groups -OCH3 is 2. The number of carbonyl (C=O) groups is 1. The molecule has 1 aliphatic rings. The van der Waals surface area contributed by atoms with Crippen molar-refractivity contribution in [3.05, 3.63) is 29.8 Å². The van der Waals surface area contributed by atoms with Gasteiger partial charge in [-0.2, -0.15) is 0 Å². The van der Waals surface area contributed by atoms with Crippen LogP contribution in [0.2, 0.25) is 0 Å². The van der Waals surface area contributed by atoms with Gasteiger partial charge in [0.1, 0.15) is 11.9 Å². The van der Waals surface area contributed by atoms with E-state index in [2.05, 4.69) is 0 Å². The van der Waals surface area contributed by atoms with Crippen molar-refractivity contribution in [1.82, 2.24) is 4.90 Å². The van der Waals surface area contributed by atoms with Gasteiger partial charge in [0, 0.05) is 31.8 Å². The van der Waals surface area contributed by atoms with Gasteiger partial charge in [-0.1, -0.05) is 18.2 Å². The van der Waals surface area contributed by atoms with Gasteiger partial charge in [-0.25, -0.2) is 0 Å². The van der Waals surface area contributed by atoms with Gasteiger partial charge in [-0.15, -0.1) is 0 Å². The first-order valence-corrected chi connectivity index (χ1v) is 6.86. The van der Waals surface area contributed by atoms with Crippen molar-refractivity contribution in [3.8, 4) is 5.75 Å². The molecule has 0 spiro atoms. The molecule has 2 N–H and O–H groups in total. The van der Waals surface area contributed by atoms with Crippen LogP contribution in [0.1, 0.15) is 18.4 Å². The standard InChI is InChI=1S/C15H22N2O3/c1-19-13-6-4-3-5-11(13)10-17(12-7-8-12)15(18)14(9-16)20-2/h3-6,12,14H,7-10,16H2,1-2H3. The van der Waals surface area contributed by atoms with E-state index in [0.717, 1.165) is 24.2 Å². The molecule has 0 aromatic heterocycles. The molecule has 0 bridgehead atoms. The zero-order valence-corrected chi connectivity index (χ0v) is 12.0. The molecule has 1 amide bonds. The maximum atomic E-state index is 12.5. The van der Waals surface area contributed by atoms with Crippen LogP contribution in [0.25, 0.3) is 0 Å². The molecule has 0 saturated heterocycles. The average Bonchev–Trinajstić information content (AvgIpc) is 3.30. The van der Waals surface area contributed by atoms with E-state index in [9.17, 15) is 4.79 Å². The van der Waals surface area contributed by atoms with Crippen molar-refractivity contribution < 1.29 is 14.3 Å². The van der Waals surface area contributed by atoms with Crippen LogP contribution in [0.5, 0.6) is 5.75 Å². The second kappa shape index (κ2) is 6.72. The van der Waals surface area contributed by atoms with Gasteiger partial charge in [-0.05, 0) is 18.9 Å². The Labute approximate surface area is 119 Å². The average molecular weight is 278 g/mol. The third-order valence-electron chi connectivity index (χ3n) is 3.58. The molecule has 0 radical (unpaired) electrons. The smallest absolute Gasteiger partial charge is 0.253 e. The van der Waals surface area contributed by atoms with Gasteiger partial charge >= 0.3 is 0 Å². The van der Waals surface area contributed by atoms with Crippen LogP contribution in [0.15, 0.2) is 24.3 Å². The number of benzene rings is 1. The Morgan fingerprint density at radius 3 is 2.65 bits per heavy atom. The van der Waals surface area contributed by atoms with E-state index >= 15 is 0 Å². The normalized spacial score (nSPS) is 15.8. The van der Waals surface area contributed by atoms with Gasteiger partial charge < -0.3 is 20.1 Å². The summed E-state index contributed by atoms with van der Waals surface area (Å²) in [4.78, 5) is 14.3. The van der Waals surface area contributed by atoms with Gasteiger partial charge in [0.2, 0.25) is 0 Å². The zero-order valence-electron chi connectivity index (χ0n) is 12.0. The Kier molecular flexibility index (Phi) is 4.98. The fourth-order valence-corrected chi connectivity index (χ4v) is 2.27. The lowest BCUT2D eigenvalue weighted by atomic mass is 10.1. The minimum atomic E-state index is -0.565. The van der Waals surface area contributed by atoms with E-state index in [-0.39, 0.29) is 12.5 Å². The maximum absolute atomic E-state index is 12.5. The summed E-state index contributed by atoms with van der Waals surface area (Å²) < 4.78 is 10.5. The number of carbonyl (C=O) groups excluding carboxylic acids is 1. The van der Waals surface area contributed by atoms with E-state index in [1.807, 2.05) is 29.2 Å². The molecule has 2 rings (SSSR count). The van der Waals surface area contributed by atoms with Crippen molar-refractivity contribution in [2.45, 2.75) is 31.5 Å². The second-order valence-corrected chi connectivity index (χ2v) is 4.97. The SMILES string of the molecule is COc1ccccc1CN(C(=O)C(CN)OC)C1CC1. The van der Waals surface area contributed by atoms with Crippen molar-refractivity contribution in [2.24, 2.45) is 5.73 Å². The summed E-state index contributed by atoms with van der Waals surface area (Å²) in [6.45, 7) is 0.734. The third kappa shape index (κ3) is 3.29. The lowest BCUT2D eigenvalue weighted by molar-refractivity contribution is -0.142. The van der Waals surface area contributed by atoms with Crippen LogP contribution in [-0.2, 0) is 16.1 Å². The van der Waals surface area contributed by atoms with Gasteiger partial charge in [0.15, 0.2) is 0 Å². The highest BCUT2D eigenvalue weighted by Gasteiger charge is 2.35. The molecule has 1 atom stereocenters. The Morgan fingerprint density at radius 2 is 2.10 bits per heavy atom. The Hall–Kier alpha value is -1.59. The molecule has 1 unspecified atom stereocenters. The maximum Gasteiger partial charge on any atom is 0.253 e. The van der Waals surface area contributed by atoms with Gasteiger partial charge in [-0.3, -0.25) is 4.79 Å². The topological polar surface area (TPSA) is 64.8 Å². The molecule has 0 heterocycles. The number of rotatable bonds is 7. The molecule has 1 fully saturated rings. The highest BCUT2D eigenvalue weighted by molar-refractivity contribution is 5.82. The Balaban J connectivity index is 2.15. The molecule has 110 valence electrons. The highest BCUT2D eigenvalue weighted by Crippen LogP contribution is 2.31. The molecule has 1 saturated carbocycles. The quantitative estimate of drug-likeness (QED) is 0.813. The second-order valence-electron chi connectivity index (χ2n) is 4.97. The van der Waals surface area contributed by atoms with Crippen LogP contribution in [0.3, 0.4) is 0 Å². The third-order valence-corrected chi connectivity index (χ3v) is 3.58. The molecule has 1 aromatic carbocycles. The van der Waals surface area contributed by atoms with Gasteiger partial charge in [0.05, 0.1) is 7.11 Å². The van der Waals surface area contributed by atoms with Crippen LogP contribution in [-0.4, -0.2) is 43.7 Å². The summed E-state index contributed by atoms with van der Waals surface area (Å²) in [6.07, 6.45) is 1.52. The van der Waals surface area contributed by atoms with Crippen molar-refractivity contribution in [2.75, 3.05) is 20.8 Å². The molecule has 1 aromatic rings. The van der Waals surface area contributed by atoms with Crippen LogP contribution < -0.4 is 10.5 Å². The zero-order chi connectivity index (χ0) is 14.5. The van der Waals surface area contributed by atoms with E-state index in [0.29, 0.717) is 12.6 Å². The number of hydrogen-bond acceptors (Lipinski definition) is 4. The molecular formula is C15H22N2O3. The summed E-state index contributed by atoms with van der Waals surface area (Å²) in [5.74, 6) is 0.760. The number of nitrogens with zero attached hydrogens (tertiary/aromatic N) is 1. The Bertz CT molecular complexity index is 456. The van der Waals surface area contributed by atoms with Gasteiger partial charge in [0.25, 0.3) is 5.91 Å². The monoisotopic (exact) mass is 278 g/mol. The first kappa shape index (κ1) is 14.8. The van der Waals surface area contributed by atoms with E-state index in [1.54, 1.807) is 7.11 Å². The molecule has 1 aliphatic carbocycles. The van der Waals surface area contributed by atoms with Crippen LogP contribution in [0.4, 0.5) is 0 Å².